The summed E-state index contributed by atoms with van der Waals surface area (Å²) < 4.78 is 13.4. The highest BCUT2D eigenvalue weighted by atomic mass is 32.2. The molecule has 0 saturated heterocycles. The highest BCUT2D eigenvalue weighted by molar-refractivity contribution is 7.99. The summed E-state index contributed by atoms with van der Waals surface area (Å²) in [7, 11) is 0. The lowest BCUT2D eigenvalue weighted by molar-refractivity contribution is -0.390. The molecule has 0 aliphatic carbocycles. The van der Waals surface area contributed by atoms with E-state index in [-0.39, 0.29) is 10.6 Å². The standard InChI is InChI=1S/C11H11FN2O5S/c1-6(15)13-8(11(16)17)5-20-9-4-2-3-7(12)10(9)14(18)19/h2-4,8H,5H2,1H3,(H,13,15)(H,16,17)/t8-/m0/s1. The summed E-state index contributed by atoms with van der Waals surface area (Å²) >= 11 is 0.791. The van der Waals surface area contributed by atoms with Gasteiger partial charge >= 0.3 is 11.7 Å². The molecule has 108 valence electrons. The first-order valence-electron chi connectivity index (χ1n) is 5.38. The van der Waals surface area contributed by atoms with Crippen molar-refractivity contribution in [1.82, 2.24) is 5.32 Å². The molecule has 0 bridgehead atoms. The Balaban J connectivity index is 2.88. The number of rotatable bonds is 6. The fraction of sp³-hybridized carbons (Fsp3) is 0.273. The van der Waals surface area contributed by atoms with Crippen molar-refractivity contribution < 1.29 is 24.0 Å². The van der Waals surface area contributed by atoms with Crippen molar-refractivity contribution in [3.05, 3.63) is 34.1 Å². The van der Waals surface area contributed by atoms with Crippen LogP contribution in [0.15, 0.2) is 23.1 Å². The number of nitrogens with one attached hydrogen (secondary N) is 1. The van der Waals surface area contributed by atoms with Crippen LogP contribution < -0.4 is 5.32 Å². The first-order chi connectivity index (χ1) is 9.32. The number of carbonyl (C=O) groups is 2. The smallest absolute Gasteiger partial charge is 0.327 e. The number of nitro groups is 1. The Bertz CT molecular complexity index is 552. The molecule has 1 rings (SSSR count). The third-order valence-corrected chi connectivity index (χ3v) is 3.35. The van der Waals surface area contributed by atoms with Gasteiger partial charge in [0.05, 0.1) is 9.82 Å². The van der Waals surface area contributed by atoms with Gasteiger partial charge in [0.15, 0.2) is 0 Å². The maximum absolute atomic E-state index is 13.4. The number of hydrogen-bond acceptors (Lipinski definition) is 5. The maximum atomic E-state index is 13.4. The second-order valence-corrected chi connectivity index (χ2v) is 4.81. The summed E-state index contributed by atoms with van der Waals surface area (Å²) in [6, 6.07) is 2.35. The van der Waals surface area contributed by atoms with E-state index < -0.39 is 34.3 Å². The molecular weight excluding hydrogens is 291 g/mol. The predicted molar refractivity (Wildman–Crippen MR) is 69.0 cm³/mol. The molecule has 0 aromatic heterocycles. The molecule has 1 aromatic carbocycles. The lowest BCUT2D eigenvalue weighted by Crippen LogP contribution is -2.41. The van der Waals surface area contributed by atoms with Crippen molar-refractivity contribution >= 4 is 29.3 Å². The highest BCUT2D eigenvalue weighted by Crippen LogP contribution is 2.31. The molecule has 0 radical (unpaired) electrons. The Morgan fingerprint density at radius 3 is 2.70 bits per heavy atom. The molecule has 0 spiro atoms. The zero-order chi connectivity index (χ0) is 15.3. The van der Waals surface area contributed by atoms with Crippen LogP contribution in [0.4, 0.5) is 10.1 Å². The van der Waals surface area contributed by atoms with E-state index in [4.69, 9.17) is 5.11 Å². The number of halogens is 1. The summed E-state index contributed by atoms with van der Waals surface area (Å²) in [4.78, 5) is 31.7. The topological polar surface area (TPSA) is 110 Å². The molecule has 0 heterocycles. The molecular formula is C11H11FN2O5S. The molecule has 0 aliphatic rings. The molecule has 1 aromatic rings. The van der Waals surface area contributed by atoms with Crippen LogP contribution in [0.5, 0.6) is 0 Å². The number of nitrogens with zero attached hydrogens (tertiary/aromatic N) is 1. The summed E-state index contributed by atoms with van der Waals surface area (Å²) in [6.45, 7) is 1.16. The molecule has 1 amide bonds. The molecule has 0 fully saturated rings. The molecule has 0 aliphatic heterocycles. The number of carboxylic acids is 1. The van der Waals surface area contributed by atoms with Gasteiger partial charge in [-0.2, -0.15) is 4.39 Å². The van der Waals surface area contributed by atoms with Crippen LogP contribution >= 0.6 is 11.8 Å². The van der Waals surface area contributed by atoms with Gasteiger partial charge in [0.2, 0.25) is 11.7 Å². The van der Waals surface area contributed by atoms with Crippen LogP contribution in [0.3, 0.4) is 0 Å². The van der Waals surface area contributed by atoms with E-state index in [1.807, 2.05) is 0 Å². The van der Waals surface area contributed by atoms with E-state index in [9.17, 15) is 24.1 Å². The average Bonchev–Trinajstić information content (AvgIpc) is 2.33. The molecule has 9 heteroatoms. The number of amides is 1. The van der Waals surface area contributed by atoms with Crippen LogP contribution in [-0.4, -0.2) is 33.7 Å². The minimum absolute atomic E-state index is 0.00611. The predicted octanol–water partition coefficient (Wildman–Crippen LogP) is 1.42. The number of carboxylic acid groups (broad SMARTS) is 1. The van der Waals surface area contributed by atoms with Crippen molar-refractivity contribution in [3.8, 4) is 0 Å². The van der Waals surface area contributed by atoms with E-state index >= 15 is 0 Å². The fourth-order valence-corrected chi connectivity index (χ4v) is 2.44. The Morgan fingerprint density at radius 2 is 2.20 bits per heavy atom. The third-order valence-electron chi connectivity index (χ3n) is 2.21. The number of aliphatic carboxylic acids is 1. The van der Waals surface area contributed by atoms with Gasteiger partial charge in [-0.25, -0.2) is 4.79 Å². The number of thioether (sulfide) groups is 1. The van der Waals surface area contributed by atoms with E-state index in [2.05, 4.69) is 5.32 Å². The zero-order valence-electron chi connectivity index (χ0n) is 10.3. The van der Waals surface area contributed by atoms with E-state index in [1.54, 1.807) is 0 Å². The minimum atomic E-state index is -1.27. The van der Waals surface area contributed by atoms with Gasteiger partial charge in [-0.15, -0.1) is 11.8 Å². The van der Waals surface area contributed by atoms with Crippen LogP contribution in [0.1, 0.15) is 6.92 Å². The fourth-order valence-electron chi connectivity index (χ4n) is 1.38. The number of carbonyl (C=O) groups excluding carboxylic acids is 1. The number of nitro benzene ring substituents is 1. The molecule has 1 atom stereocenters. The zero-order valence-corrected chi connectivity index (χ0v) is 11.1. The van der Waals surface area contributed by atoms with Crippen molar-refractivity contribution in [2.24, 2.45) is 0 Å². The first kappa shape index (κ1) is 15.9. The summed E-state index contributed by atoms with van der Waals surface area (Å²) in [5.41, 5.74) is -0.704. The number of benzene rings is 1. The Labute approximate surface area is 117 Å². The monoisotopic (exact) mass is 302 g/mol. The second kappa shape index (κ2) is 6.85. The Morgan fingerprint density at radius 1 is 1.55 bits per heavy atom. The van der Waals surface area contributed by atoms with Crippen LogP contribution in [0.2, 0.25) is 0 Å². The average molecular weight is 302 g/mol. The largest absolute Gasteiger partial charge is 0.480 e. The SMILES string of the molecule is CC(=O)N[C@@H](CSc1cccc(F)c1[N+](=O)[O-])C(=O)O. The first-order valence-corrected chi connectivity index (χ1v) is 6.37. The van der Waals surface area contributed by atoms with Gasteiger partial charge in [0.25, 0.3) is 0 Å². The second-order valence-electron chi connectivity index (χ2n) is 3.75. The third kappa shape index (κ3) is 4.19. The van der Waals surface area contributed by atoms with E-state index in [1.165, 1.54) is 12.1 Å². The van der Waals surface area contributed by atoms with Gasteiger partial charge < -0.3 is 10.4 Å². The van der Waals surface area contributed by atoms with Crippen LogP contribution in [-0.2, 0) is 9.59 Å². The molecule has 20 heavy (non-hydrogen) atoms. The van der Waals surface area contributed by atoms with Crippen LogP contribution in [0.25, 0.3) is 0 Å². The van der Waals surface area contributed by atoms with Crippen molar-refractivity contribution in [1.29, 1.82) is 0 Å². The summed E-state index contributed by atoms with van der Waals surface area (Å²) in [5, 5.41) is 21.9. The minimum Gasteiger partial charge on any atom is -0.480 e. The Hall–Kier alpha value is -2.16. The Kier molecular flexibility index (Phi) is 5.44. The molecule has 0 unspecified atom stereocenters. The van der Waals surface area contributed by atoms with E-state index in [0.717, 1.165) is 24.8 Å². The van der Waals surface area contributed by atoms with Gasteiger partial charge in [-0.3, -0.25) is 14.9 Å². The van der Waals surface area contributed by atoms with Gasteiger partial charge in [-0.05, 0) is 12.1 Å². The molecule has 2 N–H and O–H groups in total. The molecule has 7 nitrogen and oxygen atoms in total. The van der Waals surface area contributed by atoms with Crippen molar-refractivity contribution in [2.75, 3.05) is 5.75 Å². The molecule has 0 saturated carbocycles. The van der Waals surface area contributed by atoms with Gasteiger partial charge in [0, 0.05) is 12.7 Å². The lowest BCUT2D eigenvalue weighted by Gasteiger charge is -2.12. The van der Waals surface area contributed by atoms with E-state index in [0.29, 0.717) is 0 Å². The summed E-state index contributed by atoms with van der Waals surface area (Å²) in [6.07, 6.45) is 0. The van der Waals surface area contributed by atoms with Crippen molar-refractivity contribution in [2.45, 2.75) is 17.9 Å². The van der Waals surface area contributed by atoms with Crippen LogP contribution in [0, 0.1) is 15.9 Å². The van der Waals surface area contributed by atoms with Gasteiger partial charge in [0.1, 0.15) is 6.04 Å². The highest BCUT2D eigenvalue weighted by Gasteiger charge is 2.24. The quantitative estimate of drug-likeness (QED) is 0.467. The summed E-state index contributed by atoms with van der Waals surface area (Å²) in [5.74, 6) is -2.95. The number of para-hydroxylation sites is 1. The lowest BCUT2D eigenvalue weighted by atomic mass is 10.3. The normalized spacial score (nSPS) is 11.7. The maximum Gasteiger partial charge on any atom is 0.327 e. The van der Waals surface area contributed by atoms with Gasteiger partial charge in [-0.1, -0.05) is 6.07 Å². The van der Waals surface area contributed by atoms with Crippen molar-refractivity contribution in [3.63, 3.8) is 0 Å². The number of hydrogen-bond donors (Lipinski definition) is 2.